The van der Waals surface area contributed by atoms with E-state index in [2.05, 4.69) is 0 Å². The van der Waals surface area contributed by atoms with Crippen molar-refractivity contribution in [3.63, 3.8) is 0 Å². The van der Waals surface area contributed by atoms with Gasteiger partial charge in [0.15, 0.2) is 0 Å². The van der Waals surface area contributed by atoms with Crippen LogP contribution in [0.15, 0.2) is 36.4 Å². The van der Waals surface area contributed by atoms with Crippen molar-refractivity contribution >= 4 is 23.6 Å². The van der Waals surface area contributed by atoms with Gasteiger partial charge < -0.3 is 5.11 Å². The molecule has 4 heteroatoms. The maximum absolute atomic E-state index is 13.2. The number of carbonyl (C=O) groups is 1. The van der Waals surface area contributed by atoms with E-state index in [1.165, 1.54) is 30.4 Å². The Balaban J connectivity index is 2.85. The average Bonchev–Trinajstić information content (AvgIpc) is 2.15. The predicted molar refractivity (Wildman–Crippen MR) is 57.2 cm³/mol. The Morgan fingerprint density at radius 1 is 1.40 bits per heavy atom. The van der Waals surface area contributed by atoms with Crippen molar-refractivity contribution in [1.82, 2.24) is 0 Å². The molecule has 0 saturated carbocycles. The molecule has 0 aliphatic rings. The lowest BCUT2D eigenvalue weighted by molar-refractivity contribution is -0.131. The van der Waals surface area contributed by atoms with Crippen LogP contribution in [0.5, 0.6) is 0 Å². The standard InChI is InChI=1S/C11H8ClFO2/c12-9-5-3-6-10(13)8(9)4-1-2-7-11(14)15/h1-7H,(H,14,15)/b4-1+,7-2+. The van der Waals surface area contributed by atoms with Gasteiger partial charge in [-0.25, -0.2) is 9.18 Å². The fourth-order valence-electron chi connectivity index (χ4n) is 0.960. The molecule has 0 aliphatic heterocycles. The number of hydrogen-bond acceptors (Lipinski definition) is 1. The number of benzene rings is 1. The lowest BCUT2D eigenvalue weighted by Gasteiger charge is -1.98. The number of halogens is 2. The Morgan fingerprint density at radius 3 is 2.73 bits per heavy atom. The molecule has 1 aromatic carbocycles. The van der Waals surface area contributed by atoms with Crippen molar-refractivity contribution < 1.29 is 14.3 Å². The SMILES string of the molecule is O=C(O)/C=C/C=C/c1c(F)cccc1Cl. The summed E-state index contributed by atoms with van der Waals surface area (Å²) < 4.78 is 13.2. The molecule has 0 aromatic heterocycles. The molecule has 15 heavy (non-hydrogen) atoms. The summed E-state index contributed by atoms with van der Waals surface area (Å²) in [5.74, 6) is -1.50. The van der Waals surface area contributed by atoms with Crippen LogP contribution in [-0.2, 0) is 4.79 Å². The third-order valence-corrected chi connectivity index (χ3v) is 1.94. The van der Waals surface area contributed by atoms with Crippen LogP contribution in [0.4, 0.5) is 4.39 Å². The van der Waals surface area contributed by atoms with Crippen LogP contribution in [0.1, 0.15) is 5.56 Å². The van der Waals surface area contributed by atoms with Crippen molar-refractivity contribution in [3.8, 4) is 0 Å². The molecule has 0 heterocycles. The van der Waals surface area contributed by atoms with E-state index in [0.717, 1.165) is 6.08 Å². The first-order valence-electron chi connectivity index (χ1n) is 4.13. The number of carboxylic acid groups (broad SMARTS) is 1. The molecule has 0 fully saturated rings. The van der Waals surface area contributed by atoms with Gasteiger partial charge in [-0.1, -0.05) is 35.9 Å². The molecule has 0 spiro atoms. The van der Waals surface area contributed by atoms with Crippen LogP contribution >= 0.6 is 11.6 Å². The Morgan fingerprint density at radius 2 is 2.13 bits per heavy atom. The minimum atomic E-state index is -1.06. The van der Waals surface area contributed by atoms with Gasteiger partial charge in [0, 0.05) is 11.6 Å². The molecule has 78 valence electrons. The number of rotatable bonds is 3. The van der Waals surface area contributed by atoms with E-state index in [-0.39, 0.29) is 10.6 Å². The number of hydrogen-bond donors (Lipinski definition) is 1. The maximum atomic E-state index is 13.2. The molecule has 0 atom stereocenters. The second-order valence-electron chi connectivity index (χ2n) is 2.69. The molecule has 2 nitrogen and oxygen atoms in total. The lowest BCUT2D eigenvalue weighted by atomic mass is 10.2. The Labute approximate surface area is 91.3 Å². The monoisotopic (exact) mass is 226 g/mol. The molecule has 1 N–H and O–H groups in total. The summed E-state index contributed by atoms with van der Waals surface area (Å²) in [6, 6.07) is 4.35. The molecule has 0 saturated heterocycles. The smallest absolute Gasteiger partial charge is 0.328 e. The van der Waals surface area contributed by atoms with Gasteiger partial charge in [-0.3, -0.25) is 0 Å². The largest absolute Gasteiger partial charge is 0.478 e. The van der Waals surface area contributed by atoms with Crippen molar-refractivity contribution in [1.29, 1.82) is 0 Å². The van der Waals surface area contributed by atoms with E-state index in [1.54, 1.807) is 6.07 Å². The van der Waals surface area contributed by atoms with Crippen LogP contribution in [0.3, 0.4) is 0 Å². The quantitative estimate of drug-likeness (QED) is 0.635. The van der Waals surface area contributed by atoms with E-state index in [0.29, 0.717) is 0 Å². The summed E-state index contributed by atoms with van der Waals surface area (Å²) in [5.41, 5.74) is 0.245. The van der Waals surface area contributed by atoms with Crippen LogP contribution in [-0.4, -0.2) is 11.1 Å². The van der Waals surface area contributed by atoms with Gasteiger partial charge in [-0.15, -0.1) is 0 Å². The van der Waals surface area contributed by atoms with Gasteiger partial charge in [0.05, 0.1) is 5.02 Å². The highest BCUT2D eigenvalue weighted by Gasteiger charge is 2.01. The molecule has 0 bridgehead atoms. The van der Waals surface area contributed by atoms with E-state index >= 15 is 0 Å². The van der Waals surface area contributed by atoms with Gasteiger partial charge in [-0.2, -0.15) is 0 Å². The van der Waals surface area contributed by atoms with Gasteiger partial charge in [0.25, 0.3) is 0 Å². The number of aliphatic carboxylic acids is 1. The van der Waals surface area contributed by atoms with Crippen molar-refractivity contribution in [2.75, 3.05) is 0 Å². The number of carboxylic acids is 1. The molecule has 0 radical (unpaired) electrons. The van der Waals surface area contributed by atoms with E-state index in [4.69, 9.17) is 16.7 Å². The Bertz CT molecular complexity index is 404. The van der Waals surface area contributed by atoms with Crippen LogP contribution in [0, 0.1) is 5.82 Å². The highest BCUT2D eigenvalue weighted by molar-refractivity contribution is 6.32. The normalized spacial score (nSPS) is 11.3. The summed E-state index contributed by atoms with van der Waals surface area (Å²) in [6.45, 7) is 0. The van der Waals surface area contributed by atoms with E-state index < -0.39 is 11.8 Å². The van der Waals surface area contributed by atoms with Gasteiger partial charge in [0.1, 0.15) is 5.82 Å². The summed E-state index contributed by atoms with van der Waals surface area (Å²) >= 11 is 5.74. The summed E-state index contributed by atoms with van der Waals surface area (Å²) in [6.07, 6.45) is 5.08. The second kappa shape index (κ2) is 5.32. The van der Waals surface area contributed by atoms with Crippen molar-refractivity contribution in [2.24, 2.45) is 0 Å². The third-order valence-electron chi connectivity index (χ3n) is 1.61. The zero-order valence-corrected chi connectivity index (χ0v) is 8.41. The van der Waals surface area contributed by atoms with Gasteiger partial charge >= 0.3 is 5.97 Å². The highest BCUT2D eigenvalue weighted by atomic mass is 35.5. The fraction of sp³-hybridized carbons (Fsp3) is 0. The van der Waals surface area contributed by atoms with Crippen molar-refractivity contribution in [2.45, 2.75) is 0 Å². The van der Waals surface area contributed by atoms with Crippen molar-refractivity contribution in [3.05, 3.63) is 52.8 Å². The molecule has 0 aliphatic carbocycles. The third kappa shape index (κ3) is 3.56. The molecule has 0 unspecified atom stereocenters. The first-order valence-corrected chi connectivity index (χ1v) is 4.51. The Kier molecular flexibility index (Phi) is 4.06. The lowest BCUT2D eigenvalue weighted by Crippen LogP contribution is -1.85. The summed E-state index contributed by atoms with van der Waals surface area (Å²) in [5, 5.41) is 8.59. The zero-order valence-electron chi connectivity index (χ0n) is 7.65. The summed E-state index contributed by atoms with van der Waals surface area (Å²) in [4.78, 5) is 10.1. The predicted octanol–water partition coefficient (Wildman–Crippen LogP) is 3.13. The van der Waals surface area contributed by atoms with Crippen LogP contribution < -0.4 is 0 Å². The number of allylic oxidation sites excluding steroid dienone is 2. The molecule has 1 rings (SSSR count). The molecular weight excluding hydrogens is 219 g/mol. The second-order valence-corrected chi connectivity index (χ2v) is 3.10. The first-order chi connectivity index (χ1) is 7.11. The maximum Gasteiger partial charge on any atom is 0.328 e. The zero-order chi connectivity index (χ0) is 11.3. The van der Waals surface area contributed by atoms with Gasteiger partial charge in [-0.05, 0) is 12.1 Å². The van der Waals surface area contributed by atoms with Crippen LogP contribution in [0.25, 0.3) is 6.08 Å². The molecular formula is C11H8ClFO2. The van der Waals surface area contributed by atoms with E-state index in [9.17, 15) is 9.18 Å². The highest BCUT2D eigenvalue weighted by Crippen LogP contribution is 2.20. The Hall–Kier alpha value is -1.61. The van der Waals surface area contributed by atoms with Gasteiger partial charge in [0.2, 0.25) is 0 Å². The molecule has 0 amide bonds. The minimum Gasteiger partial charge on any atom is -0.478 e. The van der Waals surface area contributed by atoms with Crippen LogP contribution in [0.2, 0.25) is 5.02 Å². The average molecular weight is 227 g/mol. The minimum absolute atomic E-state index is 0.245. The van der Waals surface area contributed by atoms with E-state index in [1.807, 2.05) is 0 Å². The first kappa shape index (κ1) is 11.5. The summed E-state index contributed by atoms with van der Waals surface area (Å²) in [7, 11) is 0. The molecule has 1 aromatic rings. The fourth-order valence-corrected chi connectivity index (χ4v) is 1.19. The topological polar surface area (TPSA) is 37.3 Å².